The molecule has 0 fully saturated rings. The third-order valence-corrected chi connectivity index (χ3v) is 8.38. The number of para-hydroxylation sites is 4. The molecule has 0 N–H and O–H groups in total. The minimum absolute atomic E-state index is 0.593. The molecule has 0 aliphatic rings. The van der Waals surface area contributed by atoms with Crippen molar-refractivity contribution in [2.45, 2.75) is 0 Å². The topological polar surface area (TPSA) is 48.5 Å². The molecule has 6 aromatic carbocycles. The van der Waals surface area contributed by atoms with E-state index in [-0.39, 0.29) is 0 Å². The molecule has 9 aromatic rings. The number of aromatic nitrogens is 5. The molecule has 0 saturated heterocycles. The van der Waals surface area contributed by atoms with Crippen LogP contribution in [0.3, 0.4) is 0 Å². The van der Waals surface area contributed by atoms with Crippen molar-refractivity contribution in [1.82, 2.24) is 24.1 Å². The summed E-state index contributed by atoms with van der Waals surface area (Å²) in [4.78, 5) is 15.3. The monoisotopic (exact) mass is 563 g/mol. The smallest absolute Gasteiger partial charge is 0.238 e. The van der Waals surface area contributed by atoms with E-state index < -0.39 is 0 Å². The Labute approximate surface area is 253 Å². The highest BCUT2D eigenvalue weighted by Crippen LogP contribution is 2.36. The molecule has 0 unspecified atom stereocenters. The molecule has 0 atom stereocenters. The first-order valence-electron chi connectivity index (χ1n) is 14.7. The molecule has 0 aliphatic carbocycles. The van der Waals surface area contributed by atoms with Crippen LogP contribution in [0.25, 0.3) is 78.0 Å². The van der Waals surface area contributed by atoms with Crippen LogP contribution in [-0.4, -0.2) is 24.1 Å². The lowest BCUT2D eigenvalue weighted by Crippen LogP contribution is -2.06. The van der Waals surface area contributed by atoms with Gasteiger partial charge in [-0.15, -0.1) is 0 Å². The zero-order valence-electron chi connectivity index (χ0n) is 23.7. The summed E-state index contributed by atoms with van der Waals surface area (Å²) in [5, 5.41) is 4.73. The quantitative estimate of drug-likeness (QED) is 0.214. The molecule has 0 radical (unpaired) electrons. The van der Waals surface area contributed by atoms with Gasteiger partial charge < -0.3 is 4.57 Å². The molecule has 5 nitrogen and oxygen atoms in total. The third-order valence-electron chi connectivity index (χ3n) is 8.38. The lowest BCUT2D eigenvalue weighted by Gasteiger charge is -2.11. The van der Waals surface area contributed by atoms with Gasteiger partial charge in [-0.3, -0.25) is 4.57 Å². The van der Waals surface area contributed by atoms with E-state index in [0.29, 0.717) is 17.6 Å². The number of rotatable bonds is 4. The van der Waals surface area contributed by atoms with Gasteiger partial charge in [0.1, 0.15) is 0 Å². The molecule has 0 saturated carbocycles. The van der Waals surface area contributed by atoms with Crippen LogP contribution in [0.4, 0.5) is 0 Å². The number of benzene rings is 6. The van der Waals surface area contributed by atoms with Crippen molar-refractivity contribution in [2.75, 3.05) is 0 Å². The molecule has 0 amide bonds. The first-order chi connectivity index (χ1) is 21.8. The van der Waals surface area contributed by atoms with Crippen molar-refractivity contribution < 1.29 is 0 Å². The second kappa shape index (κ2) is 9.75. The molecule has 44 heavy (non-hydrogen) atoms. The fourth-order valence-electron chi connectivity index (χ4n) is 6.41. The number of hydrogen-bond donors (Lipinski definition) is 0. The van der Waals surface area contributed by atoms with Crippen LogP contribution in [0, 0.1) is 0 Å². The summed E-state index contributed by atoms with van der Waals surface area (Å²) in [5.41, 5.74) is 7.38. The Morgan fingerprint density at radius 1 is 0.341 bits per heavy atom. The molecule has 3 heterocycles. The standard InChI is InChI=1S/C39H25N5/c1-3-13-26(14-4-1)37-40-38(42-39(41-37)44-34-21-11-8-17-29(34)30-18-9-12-22-35(30)44)27-23-24-32-31-19-7-10-20-33(31)43(36(32)25-27)28-15-5-2-6-16-28/h1-25H. The fourth-order valence-corrected chi connectivity index (χ4v) is 6.41. The van der Waals surface area contributed by atoms with Gasteiger partial charge in [0.15, 0.2) is 11.6 Å². The van der Waals surface area contributed by atoms with Crippen LogP contribution in [0.5, 0.6) is 0 Å². The lowest BCUT2D eigenvalue weighted by molar-refractivity contribution is 0.953. The summed E-state index contributed by atoms with van der Waals surface area (Å²) in [6, 6.07) is 52.6. The van der Waals surface area contributed by atoms with Gasteiger partial charge in [-0.2, -0.15) is 9.97 Å². The summed E-state index contributed by atoms with van der Waals surface area (Å²) < 4.78 is 4.48. The second-order valence-corrected chi connectivity index (χ2v) is 10.9. The van der Waals surface area contributed by atoms with E-state index >= 15 is 0 Å². The van der Waals surface area contributed by atoms with Gasteiger partial charge in [-0.25, -0.2) is 4.98 Å². The average Bonchev–Trinajstić information content (AvgIpc) is 3.61. The fraction of sp³-hybridized carbons (Fsp3) is 0. The zero-order valence-corrected chi connectivity index (χ0v) is 23.7. The lowest BCUT2D eigenvalue weighted by atomic mass is 10.1. The molecule has 0 spiro atoms. The van der Waals surface area contributed by atoms with E-state index in [2.05, 4.69) is 130 Å². The number of hydrogen-bond acceptors (Lipinski definition) is 3. The molecule has 206 valence electrons. The first kappa shape index (κ1) is 24.5. The van der Waals surface area contributed by atoms with Crippen LogP contribution in [0.1, 0.15) is 0 Å². The van der Waals surface area contributed by atoms with Gasteiger partial charge in [0.25, 0.3) is 0 Å². The van der Waals surface area contributed by atoms with Crippen molar-refractivity contribution in [3.63, 3.8) is 0 Å². The zero-order chi connectivity index (χ0) is 29.0. The van der Waals surface area contributed by atoms with E-state index in [4.69, 9.17) is 15.0 Å². The van der Waals surface area contributed by atoms with Crippen molar-refractivity contribution in [2.24, 2.45) is 0 Å². The predicted molar refractivity (Wildman–Crippen MR) is 179 cm³/mol. The molecule has 3 aromatic heterocycles. The Balaban J connectivity index is 1.34. The maximum Gasteiger partial charge on any atom is 0.238 e. The minimum atomic E-state index is 0.593. The maximum atomic E-state index is 5.17. The Morgan fingerprint density at radius 2 is 0.818 bits per heavy atom. The van der Waals surface area contributed by atoms with Gasteiger partial charge in [-0.1, -0.05) is 115 Å². The molecule has 0 bridgehead atoms. The van der Waals surface area contributed by atoms with Crippen LogP contribution < -0.4 is 0 Å². The van der Waals surface area contributed by atoms with Crippen molar-refractivity contribution in [3.05, 3.63) is 152 Å². The Hall–Kier alpha value is -6.07. The molecule has 9 rings (SSSR count). The Kier molecular flexibility index (Phi) is 5.43. The number of nitrogens with zero attached hydrogens (tertiary/aromatic N) is 5. The van der Waals surface area contributed by atoms with E-state index in [1.54, 1.807) is 0 Å². The largest absolute Gasteiger partial charge is 0.309 e. The van der Waals surface area contributed by atoms with Crippen molar-refractivity contribution >= 4 is 43.6 Å². The predicted octanol–water partition coefficient (Wildman–Crippen LogP) is 9.40. The highest BCUT2D eigenvalue weighted by Gasteiger charge is 2.19. The normalized spacial score (nSPS) is 11.6. The second-order valence-electron chi connectivity index (χ2n) is 10.9. The first-order valence-corrected chi connectivity index (χ1v) is 14.7. The molecular weight excluding hydrogens is 538 g/mol. The van der Waals surface area contributed by atoms with Crippen LogP contribution in [0.2, 0.25) is 0 Å². The van der Waals surface area contributed by atoms with Crippen LogP contribution in [0.15, 0.2) is 152 Å². The Bertz CT molecular complexity index is 2440. The average molecular weight is 564 g/mol. The summed E-state index contributed by atoms with van der Waals surface area (Å²) in [5.74, 6) is 1.86. The van der Waals surface area contributed by atoms with Gasteiger partial charge in [0, 0.05) is 38.4 Å². The SMILES string of the molecule is c1ccc(-c2nc(-c3ccc4c5ccccc5n(-c5ccccc5)c4c3)nc(-n3c4ccccc4c4ccccc43)n2)cc1. The highest BCUT2D eigenvalue weighted by molar-refractivity contribution is 6.10. The third kappa shape index (κ3) is 3.76. The summed E-state index contributed by atoms with van der Waals surface area (Å²) in [6.45, 7) is 0. The van der Waals surface area contributed by atoms with E-state index in [0.717, 1.165) is 38.9 Å². The van der Waals surface area contributed by atoms with Gasteiger partial charge in [0.05, 0.1) is 22.1 Å². The summed E-state index contributed by atoms with van der Waals surface area (Å²) >= 11 is 0. The van der Waals surface area contributed by atoms with E-state index in [9.17, 15) is 0 Å². The highest BCUT2D eigenvalue weighted by atomic mass is 15.2. The number of fused-ring (bicyclic) bond motifs is 6. The minimum Gasteiger partial charge on any atom is -0.309 e. The van der Waals surface area contributed by atoms with Gasteiger partial charge in [0.2, 0.25) is 5.95 Å². The van der Waals surface area contributed by atoms with Gasteiger partial charge in [-0.05, 0) is 36.4 Å². The van der Waals surface area contributed by atoms with Crippen LogP contribution in [-0.2, 0) is 0 Å². The van der Waals surface area contributed by atoms with Crippen LogP contribution >= 0.6 is 0 Å². The van der Waals surface area contributed by atoms with E-state index in [1.165, 1.54) is 21.5 Å². The van der Waals surface area contributed by atoms with Crippen molar-refractivity contribution in [1.29, 1.82) is 0 Å². The Morgan fingerprint density at radius 3 is 1.43 bits per heavy atom. The molecule has 5 heteroatoms. The molecular formula is C39H25N5. The maximum absolute atomic E-state index is 5.17. The van der Waals surface area contributed by atoms with Crippen molar-refractivity contribution in [3.8, 4) is 34.4 Å². The molecule has 0 aliphatic heterocycles. The summed E-state index contributed by atoms with van der Waals surface area (Å²) in [6.07, 6.45) is 0. The summed E-state index contributed by atoms with van der Waals surface area (Å²) in [7, 11) is 0. The van der Waals surface area contributed by atoms with E-state index in [1.807, 2.05) is 30.3 Å². The van der Waals surface area contributed by atoms with Gasteiger partial charge >= 0.3 is 0 Å².